The van der Waals surface area contributed by atoms with Gasteiger partial charge in [-0.3, -0.25) is 4.99 Å². The van der Waals surface area contributed by atoms with Crippen LogP contribution in [0.4, 0.5) is 5.69 Å². The van der Waals surface area contributed by atoms with Crippen LogP contribution in [-0.2, 0) is 4.74 Å². The third-order valence-electron chi connectivity index (χ3n) is 6.16. The van der Waals surface area contributed by atoms with E-state index in [0.717, 1.165) is 56.1 Å². The smallest absolute Gasteiger partial charge is 0.193 e. The summed E-state index contributed by atoms with van der Waals surface area (Å²) in [6.45, 7) is 2.03. The molecule has 0 aromatic heterocycles. The van der Waals surface area contributed by atoms with Crippen molar-refractivity contribution in [1.29, 1.82) is 0 Å². The molecule has 6 nitrogen and oxygen atoms in total. The Kier molecular flexibility index (Phi) is 6.02. The van der Waals surface area contributed by atoms with Crippen molar-refractivity contribution in [3.8, 4) is 11.5 Å². The zero-order valence-corrected chi connectivity index (χ0v) is 16.6. The summed E-state index contributed by atoms with van der Waals surface area (Å²) < 4.78 is 11.3. The predicted molar refractivity (Wildman–Crippen MR) is 114 cm³/mol. The molecule has 1 spiro atoms. The van der Waals surface area contributed by atoms with Gasteiger partial charge < -0.3 is 25.6 Å². The van der Waals surface area contributed by atoms with Crippen molar-refractivity contribution < 1.29 is 14.6 Å². The maximum atomic E-state index is 10.8. The standard InChI is InChI=1S/C23H29N3O3/c24-22(25-16-17-9-10-23(21(17)27)11-13-28-14-12-23)26-18-5-4-8-20(15-18)29-19-6-2-1-3-7-19/h1-8,15,17,21,27H,9-14,16H2,(H3,24,25,26). The molecule has 0 radical (unpaired) electrons. The van der Waals surface area contributed by atoms with Gasteiger partial charge in [0.25, 0.3) is 0 Å². The van der Waals surface area contributed by atoms with Crippen molar-refractivity contribution in [3.63, 3.8) is 0 Å². The van der Waals surface area contributed by atoms with Crippen LogP contribution in [0.15, 0.2) is 59.6 Å². The number of hydrogen-bond donors (Lipinski definition) is 3. The molecular formula is C23H29N3O3. The van der Waals surface area contributed by atoms with Crippen LogP contribution in [0.2, 0.25) is 0 Å². The van der Waals surface area contributed by atoms with E-state index in [2.05, 4.69) is 10.3 Å². The zero-order chi connectivity index (χ0) is 20.1. The van der Waals surface area contributed by atoms with Crippen LogP contribution in [0, 0.1) is 11.3 Å². The van der Waals surface area contributed by atoms with Crippen molar-refractivity contribution in [1.82, 2.24) is 0 Å². The van der Waals surface area contributed by atoms with E-state index < -0.39 is 0 Å². The number of nitrogens with one attached hydrogen (secondary N) is 1. The SMILES string of the molecule is NC(=NCC1CCC2(CCOCC2)C1O)Nc1cccc(Oc2ccccc2)c1. The van der Waals surface area contributed by atoms with Gasteiger partial charge in [-0.25, -0.2) is 0 Å². The van der Waals surface area contributed by atoms with Gasteiger partial charge >= 0.3 is 0 Å². The fraction of sp³-hybridized carbons (Fsp3) is 0.435. The normalized spacial score (nSPS) is 23.8. The average Bonchev–Trinajstić information content (AvgIpc) is 3.03. The molecule has 2 fully saturated rings. The van der Waals surface area contributed by atoms with Crippen molar-refractivity contribution in [2.45, 2.75) is 31.8 Å². The Morgan fingerprint density at radius 1 is 1.10 bits per heavy atom. The first-order chi connectivity index (χ1) is 14.1. The molecule has 2 unspecified atom stereocenters. The first-order valence-corrected chi connectivity index (χ1v) is 10.3. The Morgan fingerprint density at radius 2 is 1.86 bits per heavy atom. The van der Waals surface area contributed by atoms with Crippen LogP contribution < -0.4 is 15.8 Å². The molecule has 2 aromatic carbocycles. The van der Waals surface area contributed by atoms with Gasteiger partial charge in [0.05, 0.1) is 6.10 Å². The molecular weight excluding hydrogens is 366 g/mol. The number of nitrogens with two attached hydrogens (primary N) is 1. The van der Waals surface area contributed by atoms with Gasteiger partial charge in [-0.15, -0.1) is 0 Å². The second kappa shape index (κ2) is 8.84. The number of hydrogen-bond acceptors (Lipinski definition) is 4. The molecule has 2 aliphatic rings. The molecule has 154 valence electrons. The summed E-state index contributed by atoms with van der Waals surface area (Å²) >= 11 is 0. The number of aliphatic imine (C=N–C) groups is 1. The molecule has 1 saturated heterocycles. The summed E-state index contributed by atoms with van der Waals surface area (Å²) in [6.07, 6.45) is 3.58. The van der Waals surface area contributed by atoms with Gasteiger partial charge in [0.1, 0.15) is 11.5 Å². The van der Waals surface area contributed by atoms with E-state index in [9.17, 15) is 5.11 Å². The molecule has 6 heteroatoms. The van der Waals surface area contributed by atoms with E-state index in [0.29, 0.717) is 12.5 Å². The highest BCUT2D eigenvalue weighted by Crippen LogP contribution is 2.48. The summed E-state index contributed by atoms with van der Waals surface area (Å²) in [5.74, 6) is 2.01. The lowest BCUT2D eigenvalue weighted by molar-refractivity contribution is -0.0548. The Morgan fingerprint density at radius 3 is 2.66 bits per heavy atom. The molecule has 1 heterocycles. The summed E-state index contributed by atoms with van der Waals surface area (Å²) in [5, 5.41) is 14.0. The lowest BCUT2D eigenvalue weighted by atomic mass is 9.76. The fourth-order valence-electron chi connectivity index (χ4n) is 4.46. The minimum absolute atomic E-state index is 0.0176. The van der Waals surface area contributed by atoms with Crippen LogP contribution in [-0.4, -0.2) is 36.9 Å². The summed E-state index contributed by atoms with van der Waals surface area (Å²) in [7, 11) is 0. The number of anilines is 1. The quantitative estimate of drug-likeness (QED) is 0.530. The van der Waals surface area contributed by atoms with Gasteiger partial charge in [0.2, 0.25) is 0 Å². The highest BCUT2D eigenvalue weighted by atomic mass is 16.5. The number of nitrogens with zero attached hydrogens (tertiary/aromatic N) is 1. The summed E-state index contributed by atoms with van der Waals surface area (Å²) in [6, 6.07) is 17.2. The Balaban J connectivity index is 1.34. The molecule has 2 atom stereocenters. The molecule has 1 aliphatic carbocycles. The topological polar surface area (TPSA) is 89.1 Å². The molecule has 2 aromatic rings. The van der Waals surface area contributed by atoms with Crippen LogP contribution in [0.3, 0.4) is 0 Å². The highest BCUT2D eigenvalue weighted by molar-refractivity contribution is 5.92. The molecule has 0 bridgehead atoms. The maximum Gasteiger partial charge on any atom is 0.193 e. The number of guanidine groups is 1. The Labute approximate surface area is 171 Å². The van der Waals surface area contributed by atoms with Gasteiger partial charge in [-0.1, -0.05) is 24.3 Å². The molecule has 0 amide bonds. The third-order valence-corrected chi connectivity index (χ3v) is 6.16. The number of aliphatic hydroxyl groups is 1. The van der Waals surface area contributed by atoms with Crippen molar-refractivity contribution >= 4 is 11.6 Å². The summed E-state index contributed by atoms with van der Waals surface area (Å²) in [4.78, 5) is 4.49. The second-order valence-electron chi connectivity index (χ2n) is 8.01. The molecule has 4 rings (SSSR count). The second-order valence-corrected chi connectivity index (χ2v) is 8.01. The lowest BCUT2D eigenvalue weighted by Gasteiger charge is -2.37. The molecule has 1 saturated carbocycles. The number of para-hydroxylation sites is 1. The van der Waals surface area contributed by atoms with Gasteiger partial charge in [-0.05, 0) is 49.9 Å². The minimum Gasteiger partial charge on any atom is -0.457 e. The average molecular weight is 396 g/mol. The van der Waals surface area contributed by atoms with Crippen molar-refractivity contribution in [2.75, 3.05) is 25.1 Å². The van der Waals surface area contributed by atoms with Gasteiger partial charge in [0, 0.05) is 42.8 Å². The third kappa shape index (κ3) is 4.71. The molecule has 29 heavy (non-hydrogen) atoms. The first-order valence-electron chi connectivity index (χ1n) is 10.3. The van der Waals surface area contributed by atoms with E-state index in [1.165, 1.54) is 0 Å². The zero-order valence-electron chi connectivity index (χ0n) is 16.6. The van der Waals surface area contributed by atoms with E-state index in [1.54, 1.807) is 0 Å². The number of benzene rings is 2. The van der Waals surface area contributed by atoms with Crippen LogP contribution in [0.1, 0.15) is 25.7 Å². The predicted octanol–water partition coefficient (Wildman–Crippen LogP) is 3.77. The van der Waals surface area contributed by atoms with Crippen LogP contribution in [0.25, 0.3) is 0 Å². The largest absolute Gasteiger partial charge is 0.457 e. The Hall–Kier alpha value is -2.57. The van der Waals surface area contributed by atoms with Gasteiger partial charge in [-0.2, -0.15) is 0 Å². The summed E-state index contributed by atoms with van der Waals surface area (Å²) in [5.41, 5.74) is 6.93. The highest BCUT2D eigenvalue weighted by Gasteiger charge is 2.47. The van der Waals surface area contributed by atoms with E-state index >= 15 is 0 Å². The lowest BCUT2D eigenvalue weighted by Crippen LogP contribution is -2.39. The Bertz CT molecular complexity index is 834. The van der Waals surface area contributed by atoms with Crippen molar-refractivity contribution in [3.05, 3.63) is 54.6 Å². The van der Waals surface area contributed by atoms with Crippen LogP contribution >= 0.6 is 0 Å². The first kappa shape index (κ1) is 19.7. The van der Waals surface area contributed by atoms with E-state index in [1.807, 2.05) is 54.6 Å². The van der Waals surface area contributed by atoms with E-state index in [-0.39, 0.29) is 17.4 Å². The number of ether oxygens (including phenoxy) is 2. The number of rotatable bonds is 5. The molecule has 4 N–H and O–H groups in total. The minimum atomic E-state index is -0.328. The van der Waals surface area contributed by atoms with E-state index in [4.69, 9.17) is 15.2 Å². The van der Waals surface area contributed by atoms with Crippen LogP contribution in [0.5, 0.6) is 11.5 Å². The molecule has 1 aliphatic heterocycles. The maximum absolute atomic E-state index is 10.8. The number of aliphatic hydroxyl groups excluding tert-OH is 1. The fourth-order valence-corrected chi connectivity index (χ4v) is 4.46. The monoisotopic (exact) mass is 395 g/mol. The van der Waals surface area contributed by atoms with Crippen molar-refractivity contribution in [2.24, 2.45) is 22.1 Å². The van der Waals surface area contributed by atoms with Gasteiger partial charge in [0.15, 0.2) is 5.96 Å².